The van der Waals surface area contributed by atoms with Crippen molar-refractivity contribution < 1.29 is 14.2 Å². The summed E-state index contributed by atoms with van der Waals surface area (Å²) < 4.78 is 16.0. The standard InChI is InChI=1S/C12H18N2O3/c1-15-12-10(13)2-3-11(14-12)17-8-9-4-6-16-7-5-9/h2-3,9H,4-8,13H2,1H3. The Kier molecular flexibility index (Phi) is 4.03. The molecule has 1 fully saturated rings. The quantitative estimate of drug-likeness (QED) is 0.860. The van der Waals surface area contributed by atoms with Crippen molar-refractivity contribution in [1.82, 2.24) is 4.98 Å². The number of nitrogen functional groups attached to an aromatic ring is 1. The third-order valence-electron chi connectivity index (χ3n) is 2.87. The van der Waals surface area contributed by atoms with E-state index >= 15 is 0 Å². The molecule has 0 saturated carbocycles. The van der Waals surface area contributed by atoms with Crippen molar-refractivity contribution in [2.45, 2.75) is 12.8 Å². The number of anilines is 1. The highest BCUT2D eigenvalue weighted by Crippen LogP contribution is 2.22. The molecule has 0 unspecified atom stereocenters. The summed E-state index contributed by atoms with van der Waals surface area (Å²) in [6, 6.07) is 3.50. The molecule has 2 N–H and O–H groups in total. The van der Waals surface area contributed by atoms with Crippen LogP contribution in [-0.2, 0) is 4.74 Å². The van der Waals surface area contributed by atoms with Gasteiger partial charge in [-0.1, -0.05) is 0 Å². The third-order valence-corrected chi connectivity index (χ3v) is 2.87. The van der Waals surface area contributed by atoms with Crippen LogP contribution in [0.4, 0.5) is 5.69 Å². The van der Waals surface area contributed by atoms with Gasteiger partial charge in [0.1, 0.15) is 0 Å². The first-order chi connectivity index (χ1) is 8.29. The van der Waals surface area contributed by atoms with Gasteiger partial charge >= 0.3 is 0 Å². The van der Waals surface area contributed by atoms with Crippen molar-refractivity contribution in [3.8, 4) is 11.8 Å². The van der Waals surface area contributed by atoms with Gasteiger partial charge in [0.2, 0.25) is 11.8 Å². The zero-order valence-electron chi connectivity index (χ0n) is 10.0. The Balaban J connectivity index is 1.89. The Morgan fingerprint density at radius 3 is 2.88 bits per heavy atom. The summed E-state index contributed by atoms with van der Waals surface area (Å²) >= 11 is 0. The smallest absolute Gasteiger partial charge is 0.240 e. The maximum atomic E-state index is 5.68. The fourth-order valence-electron chi connectivity index (χ4n) is 1.79. The number of ether oxygens (including phenoxy) is 3. The number of aromatic nitrogens is 1. The SMILES string of the molecule is COc1nc(OCC2CCOCC2)ccc1N. The molecule has 94 valence electrons. The molecule has 0 radical (unpaired) electrons. The molecule has 2 rings (SSSR count). The van der Waals surface area contributed by atoms with Crippen LogP contribution in [0.25, 0.3) is 0 Å². The summed E-state index contributed by atoms with van der Waals surface area (Å²) in [5.41, 5.74) is 6.20. The normalized spacial score (nSPS) is 16.8. The Labute approximate surface area is 101 Å². The van der Waals surface area contributed by atoms with Gasteiger partial charge in [0.25, 0.3) is 0 Å². The summed E-state index contributed by atoms with van der Waals surface area (Å²) in [7, 11) is 1.54. The number of methoxy groups -OCH3 is 1. The van der Waals surface area contributed by atoms with Crippen LogP contribution < -0.4 is 15.2 Å². The van der Waals surface area contributed by atoms with Crippen LogP contribution in [0.3, 0.4) is 0 Å². The molecule has 1 aromatic heterocycles. The first-order valence-electron chi connectivity index (χ1n) is 5.80. The molecule has 2 heterocycles. The van der Waals surface area contributed by atoms with Gasteiger partial charge in [0.15, 0.2) is 0 Å². The lowest BCUT2D eigenvalue weighted by molar-refractivity contribution is 0.0489. The Morgan fingerprint density at radius 1 is 1.41 bits per heavy atom. The van der Waals surface area contributed by atoms with Gasteiger partial charge in [-0.15, -0.1) is 0 Å². The predicted molar refractivity (Wildman–Crippen MR) is 64.2 cm³/mol. The number of nitrogens with two attached hydrogens (primary N) is 1. The molecule has 0 aromatic carbocycles. The van der Waals surface area contributed by atoms with Gasteiger partial charge in [0, 0.05) is 19.3 Å². The topological polar surface area (TPSA) is 66.6 Å². The highest BCUT2D eigenvalue weighted by molar-refractivity contribution is 5.49. The van der Waals surface area contributed by atoms with Crippen LogP contribution in [0.1, 0.15) is 12.8 Å². The molecule has 0 amide bonds. The average molecular weight is 238 g/mol. The monoisotopic (exact) mass is 238 g/mol. The van der Waals surface area contributed by atoms with E-state index in [2.05, 4.69) is 4.98 Å². The Hall–Kier alpha value is -1.49. The van der Waals surface area contributed by atoms with Crippen LogP contribution in [0.2, 0.25) is 0 Å². The van der Waals surface area contributed by atoms with Gasteiger partial charge in [-0.25, -0.2) is 0 Å². The summed E-state index contributed by atoms with van der Waals surface area (Å²) in [6.45, 7) is 2.32. The molecule has 17 heavy (non-hydrogen) atoms. The van der Waals surface area contributed by atoms with Crippen LogP contribution in [-0.4, -0.2) is 31.9 Å². The summed E-state index contributed by atoms with van der Waals surface area (Å²) in [5, 5.41) is 0. The molecule has 0 aliphatic carbocycles. The van der Waals surface area contributed by atoms with Gasteiger partial charge in [-0.05, 0) is 24.8 Å². The first-order valence-corrected chi connectivity index (χ1v) is 5.80. The van der Waals surface area contributed by atoms with Crippen LogP contribution in [0, 0.1) is 5.92 Å². The van der Waals surface area contributed by atoms with E-state index in [0.29, 0.717) is 30.0 Å². The van der Waals surface area contributed by atoms with E-state index in [1.54, 1.807) is 19.2 Å². The minimum atomic E-state index is 0.412. The molecule has 0 bridgehead atoms. The summed E-state index contributed by atoms with van der Waals surface area (Å²) in [4.78, 5) is 4.17. The number of hydrogen-bond donors (Lipinski definition) is 1. The molecular weight excluding hydrogens is 220 g/mol. The molecule has 0 spiro atoms. The Bertz CT molecular complexity index is 365. The largest absolute Gasteiger partial charge is 0.479 e. The van der Waals surface area contributed by atoms with Gasteiger partial charge in [-0.2, -0.15) is 4.98 Å². The molecule has 1 aromatic rings. The van der Waals surface area contributed by atoms with Crippen LogP contribution in [0.15, 0.2) is 12.1 Å². The van der Waals surface area contributed by atoms with Crippen molar-refractivity contribution in [3.05, 3.63) is 12.1 Å². The van der Waals surface area contributed by atoms with E-state index in [1.807, 2.05) is 0 Å². The van der Waals surface area contributed by atoms with Crippen LogP contribution >= 0.6 is 0 Å². The molecule has 1 aliphatic heterocycles. The van der Waals surface area contributed by atoms with E-state index in [9.17, 15) is 0 Å². The number of nitrogens with zero attached hydrogens (tertiary/aromatic N) is 1. The first kappa shape index (κ1) is 12.0. The third kappa shape index (κ3) is 3.23. The molecule has 1 saturated heterocycles. The van der Waals surface area contributed by atoms with E-state index in [0.717, 1.165) is 26.1 Å². The minimum Gasteiger partial charge on any atom is -0.479 e. The summed E-state index contributed by atoms with van der Waals surface area (Å²) in [6.07, 6.45) is 2.10. The molecular formula is C12H18N2O3. The minimum absolute atomic E-state index is 0.412. The van der Waals surface area contributed by atoms with Crippen LogP contribution in [0.5, 0.6) is 11.8 Å². The lowest BCUT2D eigenvalue weighted by Crippen LogP contribution is -2.21. The highest BCUT2D eigenvalue weighted by atomic mass is 16.5. The van der Waals surface area contributed by atoms with Crippen molar-refractivity contribution >= 4 is 5.69 Å². The zero-order valence-corrected chi connectivity index (χ0v) is 10.0. The average Bonchev–Trinajstić information content (AvgIpc) is 2.39. The maximum Gasteiger partial charge on any atom is 0.240 e. The highest BCUT2D eigenvalue weighted by Gasteiger charge is 2.15. The van der Waals surface area contributed by atoms with Crippen molar-refractivity contribution in [1.29, 1.82) is 0 Å². The molecule has 0 atom stereocenters. The van der Waals surface area contributed by atoms with E-state index < -0.39 is 0 Å². The van der Waals surface area contributed by atoms with E-state index in [1.165, 1.54) is 0 Å². The van der Waals surface area contributed by atoms with E-state index in [-0.39, 0.29) is 0 Å². The second-order valence-corrected chi connectivity index (χ2v) is 4.11. The fourth-order valence-corrected chi connectivity index (χ4v) is 1.79. The lowest BCUT2D eigenvalue weighted by Gasteiger charge is -2.21. The summed E-state index contributed by atoms with van der Waals surface area (Å²) in [5.74, 6) is 1.52. The van der Waals surface area contributed by atoms with E-state index in [4.69, 9.17) is 19.9 Å². The van der Waals surface area contributed by atoms with Gasteiger partial charge in [0.05, 0.1) is 19.4 Å². The van der Waals surface area contributed by atoms with Gasteiger partial charge < -0.3 is 19.9 Å². The fraction of sp³-hybridized carbons (Fsp3) is 0.583. The second kappa shape index (κ2) is 5.72. The lowest BCUT2D eigenvalue weighted by atomic mass is 10.0. The maximum absolute atomic E-state index is 5.68. The van der Waals surface area contributed by atoms with Crippen molar-refractivity contribution in [2.24, 2.45) is 5.92 Å². The number of rotatable bonds is 4. The van der Waals surface area contributed by atoms with Crippen molar-refractivity contribution in [2.75, 3.05) is 32.7 Å². The second-order valence-electron chi connectivity index (χ2n) is 4.11. The molecule has 5 nitrogen and oxygen atoms in total. The number of pyridine rings is 1. The van der Waals surface area contributed by atoms with Crippen molar-refractivity contribution in [3.63, 3.8) is 0 Å². The van der Waals surface area contributed by atoms with Gasteiger partial charge in [-0.3, -0.25) is 0 Å². The zero-order chi connectivity index (χ0) is 12.1. The predicted octanol–water partition coefficient (Wildman–Crippen LogP) is 1.48. The molecule has 1 aliphatic rings. The number of hydrogen-bond acceptors (Lipinski definition) is 5. The Morgan fingerprint density at radius 2 is 2.18 bits per heavy atom. The molecule has 5 heteroatoms.